The largest absolute Gasteiger partial charge is 0.464 e. The van der Waals surface area contributed by atoms with E-state index < -0.39 is 23.5 Å². The molecule has 1 heterocycles. The van der Waals surface area contributed by atoms with Crippen molar-refractivity contribution < 1.29 is 23.9 Å². The monoisotopic (exact) mass is 461 g/mol. The minimum absolute atomic E-state index is 0.0505. The summed E-state index contributed by atoms with van der Waals surface area (Å²) in [7, 11) is 0. The van der Waals surface area contributed by atoms with Crippen molar-refractivity contribution in [1.82, 2.24) is 5.32 Å². The maximum absolute atomic E-state index is 13.4. The van der Waals surface area contributed by atoms with E-state index in [0.29, 0.717) is 16.1 Å². The van der Waals surface area contributed by atoms with Crippen LogP contribution in [0.2, 0.25) is 10.0 Å². The molecule has 0 amide bonds. The summed E-state index contributed by atoms with van der Waals surface area (Å²) < 4.78 is 10.3. The highest BCUT2D eigenvalue weighted by Gasteiger charge is 2.54. The number of Topliss-reactive ketones (excluding diaryl/α,β-unsaturated/α-hetero) is 1. The number of benzene rings is 2. The van der Waals surface area contributed by atoms with Crippen molar-refractivity contribution in [2.45, 2.75) is 25.4 Å². The number of carbonyl (C=O) groups excluding carboxylic acids is 3. The molecule has 0 unspecified atom stereocenters. The number of hydrogen-bond donors (Lipinski definition) is 1. The van der Waals surface area contributed by atoms with Gasteiger partial charge >= 0.3 is 11.9 Å². The molecule has 0 saturated heterocycles. The fraction of sp³-hybridized carbons (Fsp3) is 0.261. The van der Waals surface area contributed by atoms with Gasteiger partial charge in [-0.25, -0.2) is 9.59 Å². The molecule has 0 fully saturated rings. The van der Waals surface area contributed by atoms with Gasteiger partial charge in [0.1, 0.15) is 0 Å². The Balaban J connectivity index is 2.16. The predicted molar refractivity (Wildman–Crippen MR) is 117 cm³/mol. The van der Waals surface area contributed by atoms with Crippen LogP contribution in [0.1, 0.15) is 35.8 Å². The molecule has 1 aliphatic rings. The molecule has 2 aromatic rings. The number of nitrogens with one attached hydrogen (secondary N) is 1. The number of ether oxygens (including phenoxy) is 2. The number of carbonyl (C=O) groups is 3. The quantitative estimate of drug-likeness (QED) is 0.375. The van der Waals surface area contributed by atoms with Crippen molar-refractivity contribution in [3.05, 3.63) is 81.4 Å². The first-order valence-corrected chi connectivity index (χ1v) is 10.5. The lowest BCUT2D eigenvalue weighted by Crippen LogP contribution is -2.56. The molecule has 31 heavy (non-hydrogen) atoms. The van der Waals surface area contributed by atoms with E-state index in [4.69, 9.17) is 32.7 Å². The van der Waals surface area contributed by atoms with Gasteiger partial charge < -0.3 is 9.47 Å². The van der Waals surface area contributed by atoms with Gasteiger partial charge in [0.25, 0.3) is 0 Å². The van der Waals surface area contributed by atoms with E-state index in [1.54, 1.807) is 62.4 Å². The van der Waals surface area contributed by atoms with Crippen LogP contribution in [0.5, 0.6) is 0 Å². The summed E-state index contributed by atoms with van der Waals surface area (Å²) in [4.78, 5) is 39.2. The van der Waals surface area contributed by atoms with Crippen molar-refractivity contribution in [3.8, 4) is 0 Å². The Hall–Kier alpha value is -2.67. The summed E-state index contributed by atoms with van der Waals surface area (Å²) >= 11 is 12.2. The number of esters is 2. The van der Waals surface area contributed by atoms with Gasteiger partial charge in [-0.05, 0) is 37.6 Å². The molecule has 0 aromatic heterocycles. The number of halogens is 2. The zero-order valence-corrected chi connectivity index (χ0v) is 18.5. The van der Waals surface area contributed by atoms with Crippen LogP contribution in [0.3, 0.4) is 0 Å². The molecule has 2 aromatic carbocycles. The number of hydrogen-bond acceptors (Lipinski definition) is 6. The van der Waals surface area contributed by atoms with Crippen LogP contribution in [0.4, 0.5) is 0 Å². The third-order valence-electron chi connectivity index (χ3n) is 4.82. The molecule has 1 atom stereocenters. The molecule has 0 saturated carbocycles. The third kappa shape index (κ3) is 4.51. The summed E-state index contributed by atoms with van der Waals surface area (Å²) in [5.74, 6) is -2.05. The van der Waals surface area contributed by atoms with Crippen LogP contribution >= 0.6 is 23.2 Å². The molecule has 0 bridgehead atoms. The van der Waals surface area contributed by atoms with E-state index in [9.17, 15) is 14.4 Å². The van der Waals surface area contributed by atoms with Crippen LogP contribution in [0.25, 0.3) is 0 Å². The van der Waals surface area contributed by atoms with E-state index >= 15 is 0 Å². The van der Waals surface area contributed by atoms with Crippen LogP contribution in [-0.4, -0.2) is 36.5 Å². The van der Waals surface area contributed by atoms with E-state index in [1.165, 1.54) is 6.08 Å². The molecule has 1 N–H and O–H groups in total. The lowest BCUT2D eigenvalue weighted by Gasteiger charge is -2.26. The van der Waals surface area contributed by atoms with E-state index in [2.05, 4.69) is 5.32 Å². The van der Waals surface area contributed by atoms with Crippen molar-refractivity contribution in [1.29, 1.82) is 0 Å². The van der Waals surface area contributed by atoms with Gasteiger partial charge in [-0.1, -0.05) is 59.6 Å². The van der Waals surface area contributed by atoms with Gasteiger partial charge in [-0.15, -0.1) is 0 Å². The highest BCUT2D eigenvalue weighted by molar-refractivity contribution is 6.42. The van der Waals surface area contributed by atoms with Gasteiger partial charge in [0.15, 0.2) is 5.78 Å². The van der Waals surface area contributed by atoms with E-state index in [-0.39, 0.29) is 29.6 Å². The van der Waals surface area contributed by atoms with Gasteiger partial charge in [-0.3, -0.25) is 10.1 Å². The first kappa shape index (κ1) is 23.0. The third-order valence-corrected chi connectivity index (χ3v) is 5.56. The minimum Gasteiger partial charge on any atom is -0.464 e. The molecule has 0 radical (unpaired) electrons. The number of ketones is 1. The Morgan fingerprint density at radius 1 is 0.935 bits per heavy atom. The summed E-state index contributed by atoms with van der Waals surface area (Å²) in [6.45, 7) is 3.35. The van der Waals surface area contributed by atoms with Crippen LogP contribution < -0.4 is 5.32 Å². The first-order valence-electron chi connectivity index (χ1n) is 9.73. The second-order valence-electron chi connectivity index (χ2n) is 6.79. The zero-order valence-electron chi connectivity index (χ0n) is 17.0. The van der Waals surface area contributed by atoms with Crippen LogP contribution in [-0.2, 0) is 19.1 Å². The van der Waals surface area contributed by atoms with E-state index in [1.807, 2.05) is 0 Å². The molecular weight excluding hydrogens is 441 g/mol. The second-order valence-corrected chi connectivity index (χ2v) is 7.61. The van der Waals surface area contributed by atoms with Crippen LogP contribution in [0.15, 0.2) is 60.2 Å². The highest BCUT2D eigenvalue weighted by atomic mass is 35.5. The molecule has 162 valence electrons. The minimum atomic E-state index is -1.97. The van der Waals surface area contributed by atoms with E-state index in [0.717, 1.165) is 0 Å². The highest BCUT2D eigenvalue weighted by Crippen LogP contribution is 2.38. The average Bonchev–Trinajstić information content (AvgIpc) is 3.18. The average molecular weight is 462 g/mol. The van der Waals surface area contributed by atoms with Crippen molar-refractivity contribution in [3.63, 3.8) is 0 Å². The summed E-state index contributed by atoms with van der Waals surface area (Å²) in [5, 5.41) is 3.59. The molecule has 3 rings (SSSR count). The smallest absolute Gasteiger partial charge is 0.342 e. The summed E-state index contributed by atoms with van der Waals surface area (Å²) in [5.41, 5.74) is -0.807. The predicted octanol–water partition coefficient (Wildman–Crippen LogP) is 4.31. The van der Waals surface area contributed by atoms with Crippen LogP contribution in [0, 0.1) is 0 Å². The molecule has 6 nitrogen and oxygen atoms in total. The standard InChI is InChI=1S/C23H21Cl2NO5/c1-3-30-21(28)23(22(29)31-4-2)13-16(20(27)14-8-6-5-7-9-14)19(26-23)15-10-11-17(24)18(25)12-15/h5-13,19,26H,3-4H2,1-2H3/t19-/m0/s1. The maximum Gasteiger partial charge on any atom is 0.342 e. The fourth-order valence-corrected chi connectivity index (χ4v) is 3.69. The number of rotatable bonds is 7. The zero-order chi connectivity index (χ0) is 22.6. The lowest BCUT2D eigenvalue weighted by atomic mass is 9.93. The Bertz CT molecular complexity index is 1020. The normalized spacial score (nSPS) is 17.0. The Kier molecular flexibility index (Phi) is 7.15. The van der Waals surface area contributed by atoms with Gasteiger partial charge in [0, 0.05) is 11.1 Å². The Morgan fingerprint density at radius 3 is 2.10 bits per heavy atom. The molecule has 0 aliphatic carbocycles. The maximum atomic E-state index is 13.4. The second kappa shape index (κ2) is 9.64. The Morgan fingerprint density at radius 2 is 1.55 bits per heavy atom. The molecule has 1 aliphatic heterocycles. The fourth-order valence-electron chi connectivity index (χ4n) is 3.38. The van der Waals surface area contributed by atoms with Gasteiger partial charge in [0.05, 0.1) is 29.3 Å². The molecule has 0 spiro atoms. The SMILES string of the molecule is CCOC(=O)C1(C(=O)OCC)C=C(C(=O)c2ccccc2)[C@H](c2ccc(Cl)c(Cl)c2)N1. The summed E-state index contributed by atoms with van der Waals surface area (Å²) in [6.07, 6.45) is 1.30. The summed E-state index contributed by atoms with van der Waals surface area (Å²) in [6, 6.07) is 12.6. The molecule has 8 heteroatoms. The van der Waals surface area contributed by atoms with Gasteiger partial charge in [0.2, 0.25) is 5.54 Å². The Labute approximate surface area is 190 Å². The molecular formula is C23H21Cl2NO5. The topological polar surface area (TPSA) is 81.7 Å². The lowest BCUT2D eigenvalue weighted by molar-refractivity contribution is -0.162. The van der Waals surface area contributed by atoms with Crippen molar-refractivity contribution in [2.75, 3.05) is 13.2 Å². The van der Waals surface area contributed by atoms with Gasteiger partial charge in [-0.2, -0.15) is 0 Å². The first-order chi connectivity index (χ1) is 14.8. The van der Waals surface area contributed by atoms with Crippen molar-refractivity contribution in [2.24, 2.45) is 0 Å². The van der Waals surface area contributed by atoms with Crippen molar-refractivity contribution >= 4 is 40.9 Å².